The summed E-state index contributed by atoms with van der Waals surface area (Å²) < 4.78 is 5.79. The van der Waals surface area contributed by atoms with Gasteiger partial charge in [-0.15, -0.1) is 0 Å². The molecule has 0 amide bonds. The Kier molecular flexibility index (Phi) is 3.61. The van der Waals surface area contributed by atoms with E-state index >= 15 is 0 Å². The number of benzene rings is 1. The van der Waals surface area contributed by atoms with Crippen LogP contribution in [0.2, 0.25) is 0 Å². The molecule has 104 valence electrons. The fraction of sp³-hybridized carbons (Fsp3) is 0.625. The molecule has 3 rings (SSSR count). The van der Waals surface area contributed by atoms with Gasteiger partial charge in [-0.2, -0.15) is 0 Å². The van der Waals surface area contributed by atoms with E-state index in [-0.39, 0.29) is 0 Å². The molecule has 1 aliphatic carbocycles. The van der Waals surface area contributed by atoms with E-state index in [2.05, 4.69) is 42.3 Å². The highest BCUT2D eigenvalue weighted by Gasteiger charge is 2.39. The van der Waals surface area contributed by atoms with Crippen molar-refractivity contribution in [3.8, 4) is 0 Å². The minimum Gasteiger partial charge on any atom is -0.379 e. The van der Waals surface area contributed by atoms with E-state index in [0.29, 0.717) is 18.2 Å². The Morgan fingerprint density at radius 2 is 2.21 bits per heavy atom. The van der Waals surface area contributed by atoms with E-state index in [1.165, 1.54) is 16.7 Å². The predicted octanol–water partition coefficient (Wildman–Crippen LogP) is 1.90. The summed E-state index contributed by atoms with van der Waals surface area (Å²) in [5, 5.41) is 3.47. The number of nitrogens with zero attached hydrogens (tertiary/aromatic N) is 1. The zero-order valence-electron chi connectivity index (χ0n) is 12.1. The van der Waals surface area contributed by atoms with Gasteiger partial charge in [0.25, 0.3) is 0 Å². The third-order valence-electron chi connectivity index (χ3n) is 4.60. The molecule has 3 nitrogen and oxygen atoms in total. The molecule has 19 heavy (non-hydrogen) atoms. The van der Waals surface area contributed by atoms with Crippen LogP contribution in [0.3, 0.4) is 0 Å². The van der Waals surface area contributed by atoms with Gasteiger partial charge in [-0.05, 0) is 25.0 Å². The smallest absolute Gasteiger partial charge is 0.0808 e. The summed E-state index contributed by atoms with van der Waals surface area (Å²) in [5.74, 6) is 0. The van der Waals surface area contributed by atoms with Crippen LogP contribution in [0.25, 0.3) is 0 Å². The van der Waals surface area contributed by atoms with Crippen LogP contribution >= 0.6 is 0 Å². The quantitative estimate of drug-likeness (QED) is 0.879. The lowest BCUT2D eigenvalue weighted by molar-refractivity contribution is 0.000699. The van der Waals surface area contributed by atoms with Gasteiger partial charge in [-0.1, -0.05) is 23.8 Å². The molecule has 2 unspecified atom stereocenters. The standard InChI is InChI=1S/C16H24N2O/c1-11-4-5-14-13(8-11)9-15(19-3)16(14)18-7-6-17-10-12(18)2/h4-5,8,12,15-17H,6-7,9-10H2,1-3H3/t12-,15?,16?/m0/s1. The molecule has 1 aromatic carbocycles. The van der Waals surface area contributed by atoms with Crippen molar-refractivity contribution in [3.63, 3.8) is 0 Å². The summed E-state index contributed by atoms with van der Waals surface area (Å²) in [4.78, 5) is 2.62. The van der Waals surface area contributed by atoms with Gasteiger partial charge in [-0.3, -0.25) is 4.90 Å². The van der Waals surface area contributed by atoms with E-state index in [1.807, 2.05) is 7.11 Å². The molecule has 1 heterocycles. The van der Waals surface area contributed by atoms with Gasteiger partial charge >= 0.3 is 0 Å². The highest BCUT2D eigenvalue weighted by Crippen LogP contribution is 2.39. The van der Waals surface area contributed by atoms with Gasteiger partial charge in [0.1, 0.15) is 0 Å². The van der Waals surface area contributed by atoms with Crippen molar-refractivity contribution in [2.75, 3.05) is 26.7 Å². The highest BCUT2D eigenvalue weighted by molar-refractivity contribution is 5.39. The molecule has 0 saturated carbocycles. The third-order valence-corrected chi connectivity index (χ3v) is 4.60. The number of fused-ring (bicyclic) bond motifs is 1. The fourth-order valence-corrected chi connectivity index (χ4v) is 3.60. The minimum atomic E-state index is 0.303. The van der Waals surface area contributed by atoms with Crippen molar-refractivity contribution in [1.82, 2.24) is 10.2 Å². The molecule has 3 heteroatoms. The molecule has 1 fully saturated rings. The number of hydrogen-bond donors (Lipinski definition) is 1. The molecule has 0 aromatic heterocycles. The van der Waals surface area contributed by atoms with Crippen LogP contribution in [0.15, 0.2) is 18.2 Å². The number of nitrogens with one attached hydrogen (secondary N) is 1. The van der Waals surface area contributed by atoms with Gasteiger partial charge in [0.05, 0.1) is 12.1 Å². The van der Waals surface area contributed by atoms with Crippen LogP contribution in [0, 0.1) is 6.92 Å². The topological polar surface area (TPSA) is 24.5 Å². The Bertz CT molecular complexity index is 460. The lowest BCUT2D eigenvalue weighted by Crippen LogP contribution is -2.52. The van der Waals surface area contributed by atoms with Crippen LogP contribution in [-0.4, -0.2) is 43.8 Å². The fourth-order valence-electron chi connectivity index (χ4n) is 3.60. The average molecular weight is 260 g/mol. The molecule has 0 bridgehead atoms. The summed E-state index contributed by atoms with van der Waals surface area (Å²) >= 11 is 0. The monoisotopic (exact) mass is 260 g/mol. The van der Waals surface area contributed by atoms with Gasteiger partial charge in [0, 0.05) is 39.2 Å². The van der Waals surface area contributed by atoms with Crippen LogP contribution in [-0.2, 0) is 11.2 Å². The second-order valence-electron chi connectivity index (χ2n) is 5.92. The van der Waals surface area contributed by atoms with Gasteiger partial charge in [-0.25, -0.2) is 0 Å². The van der Waals surface area contributed by atoms with Gasteiger partial charge < -0.3 is 10.1 Å². The van der Waals surface area contributed by atoms with E-state index < -0.39 is 0 Å². The lowest BCUT2D eigenvalue weighted by atomic mass is 10.0. The van der Waals surface area contributed by atoms with E-state index in [9.17, 15) is 0 Å². The molecule has 0 radical (unpaired) electrons. The second kappa shape index (κ2) is 5.23. The highest BCUT2D eigenvalue weighted by atomic mass is 16.5. The normalized spacial score (nSPS) is 31.4. The second-order valence-corrected chi connectivity index (χ2v) is 5.92. The average Bonchev–Trinajstić information content (AvgIpc) is 2.76. The summed E-state index contributed by atoms with van der Waals surface area (Å²) in [6.45, 7) is 7.75. The molecule has 2 aliphatic rings. The molecular formula is C16H24N2O. The van der Waals surface area contributed by atoms with Crippen LogP contribution < -0.4 is 5.32 Å². The van der Waals surface area contributed by atoms with Crippen molar-refractivity contribution in [1.29, 1.82) is 0 Å². The minimum absolute atomic E-state index is 0.303. The third kappa shape index (κ3) is 2.31. The Hall–Kier alpha value is -0.900. The maximum absolute atomic E-state index is 5.79. The van der Waals surface area contributed by atoms with Crippen molar-refractivity contribution < 1.29 is 4.74 Å². The lowest BCUT2D eigenvalue weighted by Gasteiger charge is -2.40. The van der Waals surface area contributed by atoms with Crippen molar-refractivity contribution in [2.45, 2.75) is 38.5 Å². The Labute approximate surface area is 115 Å². The first-order valence-corrected chi connectivity index (χ1v) is 7.29. The molecule has 3 atom stereocenters. The largest absolute Gasteiger partial charge is 0.379 e. The number of hydrogen-bond acceptors (Lipinski definition) is 3. The van der Waals surface area contributed by atoms with Crippen molar-refractivity contribution >= 4 is 0 Å². The summed E-state index contributed by atoms with van der Waals surface area (Å²) in [7, 11) is 1.85. The molecular weight excluding hydrogens is 236 g/mol. The number of ether oxygens (including phenoxy) is 1. The number of rotatable bonds is 2. The van der Waals surface area contributed by atoms with Crippen LogP contribution in [0.4, 0.5) is 0 Å². The Morgan fingerprint density at radius 1 is 1.37 bits per heavy atom. The Morgan fingerprint density at radius 3 is 2.95 bits per heavy atom. The first-order chi connectivity index (χ1) is 9.20. The summed E-state index contributed by atoms with van der Waals surface area (Å²) in [6, 6.07) is 7.87. The zero-order valence-corrected chi connectivity index (χ0v) is 12.1. The SMILES string of the molecule is COC1Cc2cc(C)ccc2C1N1CCNC[C@@H]1C. The summed E-state index contributed by atoms with van der Waals surface area (Å²) in [5.41, 5.74) is 4.30. The molecule has 1 saturated heterocycles. The number of methoxy groups -OCH3 is 1. The molecule has 1 N–H and O–H groups in total. The first-order valence-electron chi connectivity index (χ1n) is 7.29. The Balaban J connectivity index is 1.94. The van der Waals surface area contributed by atoms with E-state index in [4.69, 9.17) is 4.74 Å². The van der Waals surface area contributed by atoms with Gasteiger partial charge in [0.15, 0.2) is 0 Å². The molecule has 1 aromatic rings. The van der Waals surface area contributed by atoms with Crippen molar-refractivity contribution in [3.05, 3.63) is 34.9 Å². The van der Waals surface area contributed by atoms with E-state index in [1.54, 1.807) is 0 Å². The van der Waals surface area contributed by atoms with Crippen LogP contribution in [0.5, 0.6) is 0 Å². The number of aryl methyl sites for hydroxylation is 1. The maximum atomic E-state index is 5.79. The first kappa shape index (κ1) is 13.1. The van der Waals surface area contributed by atoms with Crippen LogP contribution in [0.1, 0.15) is 29.7 Å². The number of piperazine rings is 1. The zero-order chi connectivity index (χ0) is 13.4. The van der Waals surface area contributed by atoms with Gasteiger partial charge in [0.2, 0.25) is 0 Å². The maximum Gasteiger partial charge on any atom is 0.0808 e. The van der Waals surface area contributed by atoms with E-state index in [0.717, 1.165) is 26.1 Å². The molecule has 1 aliphatic heterocycles. The predicted molar refractivity (Wildman–Crippen MR) is 77.5 cm³/mol. The summed E-state index contributed by atoms with van der Waals surface area (Å²) in [6.07, 6.45) is 1.35. The molecule has 0 spiro atoms. The van der Waals surface area contributed by atoms with Crippen molar-refractivity contribution in [2.24, 2.45) is 0 Å².